The predicted molar refractivity (Wildman–Crippen MR) is 90.1 cm³/mol. The average molecular weight is 313 g/mol. The molecule has 22 heavy (non-hydrogen) atoms. The molecule has 5 aliphatic rings. The Morgan fingerprint density at radius 3 is 2.36 bits per heavy atom. The van der Waals surface area contributed by atoms with Crippen molar-refractivity contribution < 1.29 is 4.79 Å². The maximum absolute atomic E-state index is 13.5. The van der Waals surface area contributed by atoms with Crippen LogP contribution in [0.25, 0.3) is 0 Å². The van der Waals surface area contributed by atoms with Gasteiger partial charge in [0.25, 0.3) is 0 Å². The van der Waals surface area contributed by atoms with Crippen molar-refractivity contribution in [3.63, 3.8) is 0 Å². The molecule has 0 radical (unpaired) electrons. The van der Waals surface area contributed by atoms with Crippen LogP contribution in [-0.2, 0) is 4.79 Å². The van der Waals surface area contributed by atoms with Crippen molar-refractivity contribution in [2.75, 3.05) is 17.2 Å². The first kappa shape index (κ1) is 13.5. The third-order valence-electron chi connectivity index (χ3n) is 6.47. The largest absolute Gasteiger partial charge is 0.310 e. The van der Waals surface area contributed by atoms with E-state index in [1.807, 2.05) is 11.8 Å². The van der Waals surface area contributed by atoms with Gasteiger partial charge >= 0.3 is 0 Å². The van der Waals surface area contributed by atoms with E-state index in [1.54, 1.807) is 0 Å². The number of amides is 1. The lowest BCUT2D eigenvalue weighted by Crippen LogP contribution is -2.55. The highest BCUT2D eigenvalue weighted by atomic mass is 32.2. The summed E-state index contributed by atoms with van der Waals surface area (Å²) in [5, 5.41) is 0. The molecule has 0 unspecified atom stereocenters. The number of hydrogen-bond acceptors (Lipinski definition) is 2. The highest BCUT2D eigenvalue weighted by Gasteiger charge is 2.55. The van der Waals surface area contributed by atoms with Gasteiger partial charge in [0.15, 0.2) is 0 Å². The number of thioether (sulfide) groups is 1. The number of para-hydroxylation sites is 1. The number of hydrogen-bond donors (Lipinski definition) is 0. The molecule has 1 aromatic carbocycles. The van der Waals surface area contributed by atoms with Crippen LogP contribution in [0.5, 0.6) is 0 Å². The fraction of sp³-hybridized carbons (Fsp3) is 0.632. The lowest BCUT2D eigenvalue weighted by molar-refractivity contribution is -0.143. The molecule has 4 bridgehead atoms. The second-order valence-electron chi connectivity index (χ2n) is 7.97. The zero-order valence-electron chi connectivity index (χ0n) is 13.0. The molecule has 4 aliphatic carbocycles. The summed E-state index contributed by atoms with van der Waals surface area (Å²) in [5.41, 5.74) is 1.16. The van der Waals surface area contributed by atoms with E-state index >= 15 is 0 Å². The number of anilines is 1. The van der Waals surface area contributed by atoms with E-state index < -0.39 is 0 Å². The summed E-state index contributed by atoms with van der Waals surface area (Å²) in [6.45, 7) is 0.891. The van der Waals surface area contributed by atoms with Crippen molar-refractivity contribution in [2.24, 2.45) is 23.2 Å². The minimum Gasteiger partial charge on any atom is -0.310 e. The van der Waals surface area contributed by atoms with Gasteiger partial charge < -0.3 is 4.90 Å². The van der Waals surface area contributed by atoms with E-state index in [-0.39, 0.29) is 5.41 Å². The summed E-state index contributed by atoms with van der Waals surface area (Å²) in [4.78, 5) is 17.0. The SMILES string of the molecule is O=C(N1CCSc2ccccc21)C12CC3CC(CC(C3)C1)C2. The first-order valence-corrected chi connectivity index (χ1v) is 9.76. The normalized spacial score (nSPS) is 38.9. The third kappa shape index (κ3) is 1.90. The summed E-state index contributed by atoms with van der Waals surface area (Å²) in [7, 11) is 0. The maximum atomic E-state index is 13.5. The molecular formula is C19H23NOS. The smallest absolute Gasteiger partial charge is 0.233 e. The fourth-order valence-corrected chi connectivity index (χ4v) is 7.03. The van der Waals surface area contributed by atoms with Crippen LogP contribution in [0.4, 0.5) is 5.69 Å². The van der Waals surface area contributed by atoms with Gasteiger partial charge in [-0.25, -0.2) is 0 Å². The zero-order valence-corrected chi connectivity index (χ0v) is 13.8. The van der Waals surface area contributed by atoms with Gasteiger partial charge in [-0.15, -0.1) is 11.8 Å². The second kappa shape index (κ2) is 4.77. The van der Waals surface area contributed by atoms with Crippen LogP contribution in [0.1, 0.15) is 38.5 Å². The van der Waals surface area contributed by atoms with Crippen LogP contribution in [0, 0.1) is 23.2 Å². The molecule has 1 aromatic rings. The van der Waals surface area contributed by atoms with Gasteiger partial charge in [-0.1, -0.05) is 12.1 Å². The Morgan fingerprint density at radius 2 is 1.68 bits per heavy atom. The Morgan fingerprint density at radius 1 is 1.05 bits per heavy atom. The van der Waals surface area contributed by atoms with Crippen LogP contribution < -0.4 is 4.90 Å². The van der Waals surface area contributed by atoms with Crippen molar-refractivity contribution in [2.45, 2.75) is 43.4 Å². The van der Waals surface area contributed by atoms with Gasteiger partial charge in [-0.05, 0) is 68.4 Å². The molecule has 0 N–H and O–H groups in total. The van der Waals surface area contributed by atoms with E-state index in [4.69, 9.17) is 0 Å². The first-order chi connectivity index (χ1) is 10.7. The molecule has 0 saturated heterocycles. The van der Waals surface area contributed by atoms with E-state index in [1.165, 1.54) is 49.1 Å². The summed E-state index contributed by atoms with van der Waals surface area (Å²) in [5.74, 6) is 4.01. The molecule has 116 valence electrons. The number of fused-ring (bicyclic) bond motifs is 1. The Kier molecular flexibility index (Phi) is 2.92. The minimum absolute atomic E-state index is 0.0101. The van der Waals surface area contributed by atoms with Gasteiger partial charge in [0.1, 0.15) is 0 Å². The molecule has 0 aromatic heterocycles. The van der Waals surface area contributed by atoms with Gasteiger partial charge in [0.2, 0.25) is 5.91 Å². The van der Waals surface area contributed by atoms with E-state index in [9.17, 15) is 4.79 Å². The van der Waals surface area contributed by atoms with Crippen LogP contribution in [0.3, 0.4) is 0 Å². The summed E-state index contributed by atoms with van der Waals surface area (Å²) in [6, 6.07) is 8.47. The molecule has 1 amide bonds. The molecule has 0 spiro atoms. The number of benzene rings is 1. The van der Waals surface area contributed by atoms with E-state index in [0.29, 0.717) is 5.91 Å². The predicted octanol–water partition coefficient (Wildman–Crippen LogP) is 4.34. The standard InChI is InChI=1S/C19H23NOS/c21-18(20-5-6-22-17-4-2-1-3-16(17)20)19-10-13-7-14(11-19)9-15(8-13)12-19/h1-4,13-15H,5-12H2. The van der Waals surface area contributed by atoms with E-state index in [2.05, 4.69) is 29.2 Å². The summed E-state index contributed by atoms with van der Waals surface area (Å²) < 4.78 is 0. The zero-order chi connectivity index (χ0) is 14.7. The fourth-order valence-electron chi connectivity index (χ4n) is 6.04. The van der Waals surface area contributed by atoms with Crippen molar-refractivity contribution in [1.29, 1.82) is 0 Å². The minimum atomic E-state index is -0.0101. The average Bonchev–Trinajstić information content (AvgIpc) is 2.52. The van der Waals surface area contributed by atoms with Crippen molar-refractivity contribution in [3.05, 3.63) is 24.3 Å². The van der Waals surface area contributed by atoms with Crippen molar-refractivity contribution in [3.8, 4) is 0 Å². The molecule has 6 rings (SSSR count). The van der Waals surface area contributed by atoms with Gasteiger partial charge in [-0.2, -0.15) is 0 Å². The second-order valence-corrected chi connectivity index (χ2v) is 9.11. The number of carbonyl (C=O) groups is 1. The van der Waals surface area contributed by atoms with Crippen LogP contribution in [-0.4, -0.2) is 18.2 Å². The van der Waals surface area contributed by atoms with Crippen molar-refractivity contribution in [1.82, 2.24) is 0 Å². The topological polar surface area (TPSA) is 20.3 Å². The summed E-state index contributed by atoms with van der Waals surface area (Å²) in [6.07, 6.45) is 7.72. The van der Waals surface area contributed by atoms with Gasteiger partial charge in [0, 0.05) is 17.2 Å². The Hall–Kier alpha value is -0.960. The number of carbonyl (C=O) groups excluding carboxylic acids is 1. The highest BCUT2D eigenvalue weighted by Crippen LogP contribution is 2.61. The monoisotopic (exact) mass is 313 g/mol. The molecule has 4 saturated carbocycles. The lowest BCUT2D eigenvalue weighted by atomic mass is 9.49. The molecule has 3 heteroatoms. The lowest BCUT2D eigenvalue weighted by Gasteiger charge is -2.56. The molecule has 4 fully saturated rings. The van der Waals surface area contributed by atoms with Crippen LogP contribution >= 0.6 is 11.8 Å². The Bertz CT molecular complexity index is 590. The van der Waals surface area contributed by atoms with Crippen molar-refractivity contribution >= 4 is 23.4 Å². The number of rotatable bonds is 1. The van der Waals surface area contributed by atoms with Gasteiger partial charge in [0.05, 0.1) is 11.1 Å². The molecule has 1 heterocycles. The van der Waals surface area contributed by atoms with Crippen LogP contribution in [0.15, 0.2) is 29.2 Å². The molecule has 2 nitrogen and oxygen atoms in total. The third-order valence-corrected chi connectivity index (χ3v) is 7.51. The molecule has 0 atom stereocenters. The Balaban J connectivity index is 1.50. The summed E-state index contributed by atoms with van der Waals surface area (Å²) >= 11 is 1.89. The Labute approximate surface area is 136 Å². The highest BCUT2D eigenvalue weighted by molar-refractivity contribution is 7.99. The quantitative estimate of drug-likeness (QED) is 0.768. The first-order valence-electron chi connectivity index (χ1n) is 8.77. The van der Waals surface area contributed by atoms with E-state index in [0.717, 1.165) is 30.1 Å². The maximum Gasteiger partial charge on any atom is 0.233 e. The van der Waals surface area contributed by atoms with Crippen LogP contribution in [0.2, 0.25) is 0 Å². The van der Waals surface area contributed by atoms with Gasteiger partial charge in [-0.3, -0.25) is 4.79 Å². The molecular weight excluding hydrogens is 290 g/mol. The molecule has 1 aliphatic heterocycles. The number of nitrogens with zero attached hydrogens (tertiary/aromatic N) is 1.